The summed E-state index contributed by atoms with van der Waals surface area (Å²) in [5.41, 5.74) is 1.07. The minimum atomic E-state index is -0.246. The number of benzene rings is 1. The van der Waals surface area contributed by atoms with Crippen molar-refractivity contribution in [3.8, 4) is 0 Å². The van der Waals surface area contributed by atoms with Gasteiger partial charge in [0, 0.05) is 29.4 Å². The van der Waals surface area contributed by atoms with Gasteiger partial charge in [-0.15, -0.1) is 0 Å². The number of nitrogens with zero attached hydrogens (tertiary/aromatic N) is 3. The Morgan fingerprint density at radius 1 is 1.29 bits per heavy atom. The molecule has 0 spiro atoms. The Hall–Kier alpha value is -1.95. The predicted octanol–water partition coefficient (Wildman–Crippen LogP) is 3.34. The number of hydrogen-bond acceptors (Lipinski definition) is 4. The summed E-state index contributed by atoms with van der Waals surface area (Å²) in [5.74, 6) is 0.325. The van der Waals surface area contributed by atoms with Crippen LogP contribution in [0, 0.1) is 0 Å². The van der Waals surface area contributed by atoms with E-state index >= 15 is 0 Å². The summed E-state index contributed by atoms with van der Waals surface area (Å²) >= 11 is 3.37. The van der Waals surface area contributed by atoms with Crippen molar-refractivity contribution in [3.63, 3.8) is 0 Å². The van der Waals surface area contributed by atoms with E-state index in [-0.39, 0.29) is 5.91 Å². The molecule has 0 fully saturated rings. The molecule has 6 heteroatoms. The van der Waals surface area contributed by atoms with E-state index in [0.717, 1.165) is 23.2 Å². The lowest BCUT2D eigenvalue weighted by atomic mass is 10.3. The Morgan fingerprint density at radius 3 is 2.71 bits per heavy atom. The average molecular weight is 349 g/mol. The molecule has 5 nitrogen and oxygen atoms in total. The maximum absolute atomic E-state index is 12.2. The van der Waals surface area contributed by atoms with E-state index in [9.17, 15) is 4.79 Å². The first-order valence-electron chi connectivity index (χ1n) is 6.79. The zero-order chi connectivity index (χ0) is 15.2. The third-order valence-corrected chi connectivity index (χ3v) is 3.50. The molecule has 0 saturated carbocycles. The molecule has 1 amide bonds. The van der Waals surface area contributed by atoms with Crippen LogP contribution in [-0.4, -0.2) is 29.0 Å². The number of rotatable bonds is 5. The summed E-state index contributed by atoms with van der Waals surface area (Å²) in [4.78, 5) is 22.8. The van der Waals surface area contributed by atoms with Gasteiger partial charge in [-0.25, -0.2) is 9.97 Å². The second-order valence-corrected chi connectivity index (χ2v) is 5.29. The fraction of sp³-hybridized carbons (Fsp3) is 0.267. The smallest absolute Gasteiger partial charge is 0.274 e. The summed E-state index contributed by atoms with van der Waals surface area (Å²) in [5, 5.41) is 2.82. The zero-order valence-corrected chi connectivity index (χ0v) is 13.6. The molecule has 1 aromatic heterocycles. The van der Waals surface area contributed by atoms with E-state index in [0.29, 0.717) is 11.6 Å². The van der Waals surface area contributed by atoms with Gasteiger partial charge in [0.1, 0.15) is 5.69 Å². The highest BCUT2D eigenvalue weighted by molar-refractivity contribution is 9.10. The Morgan fingerprint density at radius 2 is 2.05 bits per heavy atom. The molecule has 0 radical (unpaired) electrons. The molecule has 0 aliphatic heterocycles. The minimum Gasteiger partial charge on any atom is -0.341 e. The zero-order valence-electron chi connectivity index (χ0n) is 12.0. The van der Waals surface area contributed by atoms with Crippen LogP contribution < -0.4 is 10.2 Å². The van der Waals surface area contributed by atoms with Crippen LogP contribution in [-0.2, 0) is 0 Å². The molecule has 1 N–H and O–H groups in total. The topological polar surface area (TPSA) is 58.1 Å². The molecule has 0 atom stereocenters. The number of carbonyl (C=O) groups excluding carboxylic acids is 1. The largest absolute Gasteiger partial charge is 0.341 e. The quantitative estimate of drug-likeness (QED) is 0.900. The van der Waals surface area contributed by atoms with Crippen molar-refractivity contribution in [2.24, 2.45) is 0 Å². The highest BCUT2D eigenvalue weighted by Gasteiger charge is 2.12. The molecule has 0 aliphatic carbocycles. The van der Waals surface area contributed by atoms with Crippen molar-refractivity contribution in [1.82, 2.24) is 9.97 Å². The van der Waals surface area contributed by atoms with Gasteiger partial charge in [-0.3, -0.25) is 4.79 Å². The van der Waals surface area contributed by atoms with E-state index < -0.39 is 0 Å². The highest BCUT2D eigenvalue weighted by atomic mass is 79.9. The molecule has 2 aromatic rings. The fourth-order valence-corrected chi connectivity index (χ4v) is 2.29. The van der Waals surface area contributed by atoms with Gasteiger partial charge < -0.3 is 10.2 Å². The SMILES string of the molecule is CCN(CC)c1nccc(C(=O)Nc2cccc(Br)c2)n1. The lowest BCUT2D eigenvalue weighted by Crippen LogP contribution is -2.25. The second-order valence-electron chi connectivity index (χ2n) is 4.38. The average Bonchev–Trinajstić information content (AvgIpc) is 2.49. The lowest BCUT2D eigenvalue weighted by Gasteiger charge is -2.18. The number of aromatic nitrogens is 2. The number of amides is 1. The third kappa shape index (κ3) is 4.01. The van der Waals surface area contributed by atoms with E-state index in [2.05, 4.69) is 31.2 Å². The first-order valence-corrected chi connectivity index (χ1v) is 7.58. The van der Waals surface area contributed by atoms with Crippen molar-refractivity contribution in [2.45, 2.75) is 13.8 Å². The van der Waals surface area contributed by atoms with Crippen LogP contribution in [0.1, 0.15) is 24.3 Å². The van der Waals surface area contributed by atoms with Gasteiger partial charge in [0.15, 0.2) is 0 Å². The number of anilines is 2. The van der Waals surface area contributed by atoms with Crippen molar-refractivity contribution in [3.05, 3.63) is 46.7 Å². The number of hydrogen-bond donors (Lipinski definition) is 1. The Bertz CT molecular complexity index is 629. The van der Waals surface area contributed by atoms with Gasteiger partial charge >= 0.3 is 0 Å². The minimum absolute atomic E-state index is 0.246. The fourth-order valence-electron chi connectivity index (χ4n) is 1.90. The number of nitrogens with one attached hydrogen (secondary N) is 1. The van der Waals surface area contributed by atoms with Crippen molar-refractivity contribution in [1.29, 1.82) is 0 Å². The van der Waals surface area contributed by atoms with Crippen LogP contribution in [0.4, 0.5) is 11.6 Å². The summed E-state index contributed by atoms with van der Waals surface area (Å²) < 4.78 is 0.909. The van der Waals surface area contributed by atoms with E-state index in [1.165, 1.54) is 0 Å². The molecule has 0 unspecified atom stereocenters. The van der Waals surface area contributed by atoms with Crippen LogP contribution in [0.5, 0.6) is 0 Å². The molecule has 1 heterocycles. The summed E-state index contributed by atoms with van der Waals surface area (Å²) in [6.45, 7) is 5.66. The van der Waals surface area contributed by atoms with Gasteiger partial charge in [0.05, 0.1) is 0 Å². The van der Waals surface area contributed by atoms with Gasteiger partial charge in [-0.1, -0.05) is 22.0 Å². The molecule has 0 saturated heterocycles. The van der Waals surface area contributed by atoms with Crippen LogP contribution in [0.15, 0.2) is 41.0 Å². The normalized spacial score (nSPS) is 10.2. The molecular formula is C15H17BrN4O. The molecule has 21 heavy (non-hydrogen) atoms. The molecule has 0 aliphatic rings. The van der Waals surface area contributed by atoms with E-state index in [4.69, 9.17) is 0 Å². The number of halogens is 1. The van der Waals surface area contributed by atoms with Gasteiger partial charge in [0.2, 0.25) is 5.95 Å². The van der Waals surface area contributed by atoms with Crippen molar-refractivity contribution in [2.75, 3.05) is 23.3 Å². The molecular weight excluding hydrogens is 332 g/mol. The number of carbonyl (C=O) groups is 1. The van der Waals surface area contributed by atoms with Gasteiger partial charge in [0.25, 0.3) is 5.91 Å². The predicted molar refractivity (Wildman–Crippen MR) is 87.7 cm³/mol. The van der Waals surface area contributed by atoms with E-state index in [1.807, 2.05) is 43.0 Å². The second kappa shape index (κ2) is 7.17. The first kappa shape index (κ1) is 15.4. The highest BCUT2D eigenvalue weighted by Crippen LogP contribution is 2.16. The monoisotopic (exact) mass is 348 g/mol. The molecule has 0 bridgehead atoms. The van der Waals surface area contributed by atoms with Gasteiger partial charge in [-0.2, -0.15) is 0 Å². The molecule has 1 aromatic carbocycles. The Balaban J connectivity index is 2.18. The van der Waals surface area contributed by atoms with Crippen LogP contribution >= 0.6 is 15.9 Å². The molecule has 110 valence electrons. The summed E-state index contributed by atoms with van der Waals surface area (Å²) in [6, 6.07) is 9.04. The van der Waals surface area contributed by atoms with Gasteiger partial charge in [-0.05, 0) is 38.1 Å². The Labute approximate surface area is 132 Å². The van der Waals surface area contributed by atoms with Crippen LogP contribution in [0.25, 0.3) is 0 Å². The van der Waals surface area contributed by atoms with Crippen LogP contribution in [0.3, 0.4) is 0 Å². The third-order valence-electron chi connectivity index (χ3n) is 3.00. The lowest BCUT2D eigenvalue weighted by molar-refractivity contribution is 0.102. The summed E-state index contributed by atoms with van der Waals surface area (Å²) in [6.07, 6.45) is 1.61. The van der Waals surface area contributed by atoms with Crippen molar-refractivity contribution >= 4 is 33.5 Å². The maximum Gasteiger partial charge on any atom is 0.274 e. The standard InChI is InChI=1S/C15H17BrN4O/c1-3-20(4-2)15-17-9-8-13(19-15)14(21)18-12-7-5-6-11(16)10-12/h5-10H,3-4H2,1-2H3,(H,18,21). The van der Waals surface area contributed by atoms with E-state index in [1.54, 1.807) is 12.3 Å². The summed E-state index contributed by atoms with van der Waals surface area (Å²) in [7, 11) is 0. The van der Waals surface area contributed by atoms with Crippen molar-refractivity contribution < 1.29 is 4.79 Å². The maximum atomic E-state index is 12.2. The van der Waals surface area contributed by atoms with Crippen LogP contribution in [0.2, 0.25) is 0 Å². The Kier molecular flexibility index (Phi) is 5.27. The first-order chi connectivity index (χ1) is 10.1. The molecule has 2 rings (SSSR count).